The van der Waals surface area contributed by atoms with E-state index in [2.05, 4.69) is 30.4 Å². The van der Waals surface area contributed by atoms with Gasteiger partial charge in [-0.2, -0.15) is 13.2 Å². The molecule has 0 saturated carbocycles. The molecule has 2 heterocycles. The van der Waals surface area contributed by atoms with Crippen LogP contribution in [0.4, 0.5) is 39.0 Å². The lowest BCUT2D eigenvalue weighted by Gasteiger charge is -2.46. The van der Waals surface area contributed by atoms with Crippen LogP contribution in [0.2, 0.25) is 0 Å². The van der Waals surface area contributed by atoms with Gasteiger partial charge in [-0.05, 0) is 45.0 Å². The van der Waals surface area contributed by atoms with E-state index >= 15 is 4.39 Å². The zero-order valence-electron chi connectivity index (χ0n) is 20.8. The van der Waals surface area contributed by atoms with Crippen molar-refractivity contribution >= 4 is 44.1 Å². The molecule has 0 saturated heterocycles. The highest BCUT2D eigenvalue weighted by Crippen LogP contribution is 2.53. The van der Waals surface area contributed by atoms with Crippen LogP contribution in [0.1, 0.15) is 43.0 Å². The second kappa shape index (κ2) is 8.60. The van der Waals surface area contributed by atoms with Gasteiger partial charge in [0.15, 0.2) is 0 Å². The van der Waals surface area contributed by atoms with E-state index in [9.17, 15) is 17.6 Å². The van der Waals surface area contributed by atoms with Gasteiger partial charge in [-0.1, -0.05) is 19.7 Å². The van der Waals surface area contributed by atoms with Crippen LogP contribution in [-0.4, -0.2) is 33.2 Å². The lowest BCUT2D eigenvalue weighted by molar-refractivity contribution is -0.137. The first-order valence-corrected chi connectivity index (χ1v) is 11.5. The van der Waals surface area contributed by atoms with E-state index in [1.165, 1.54) is 11.8 Å². The molecule has 190 valence electrons. The topological polar surface area (TPSA) is 30.5 Å². The second-order valence-electron chi connectivity index (χ2n) is 9.53. The molecular formula is C26H25B2F5N4. The highest BCUT2D eigenvalue weighted by Gasteiger charge is 2.48. The number of nitrogens with one attached hydrogen (secondary N) is 2. The highest BCUT2D eigenvalue weighted by atomic mass is 19.4. The van der Waals surface area contributed by atoms with E-state index in [4.69, 9.17) is 15.7 Å². The fraction of sp³-hybridized carbons (Fsp3) is 0.308. The number of alkyl halides is 4. The first-order chi connectivity index (χ1) is 17.0. The second-order valence-corrected chi connectivity index (χ2v) is 9.53. The SMILES string of the molecule is [B]C(C)(F)C([B])(C)N1C(=C)N(CC)c2c1cc(NC(=C)c1cc(F)cc(C(F)(F)F)c1)c1c2C(=C)NC1. The highest BCUT2D eigenvalue weighted by molar-refractivity contribution is 6.28. The predicted octanol–water partition coefficient (Wildman–Crippen LogP) is 5.86. The van der Waals surface area contributed by atoms with Gasteiger partial charge in [0.25, 0.3) is 0 Å². The van der Waals surface area contributed by atoms with Crippen LogP contribution in [0.25, 0.3) is 11.4 Å². The number of hydrogen-bond donors (Lipinski definition) is 2. The molecule has 0 spiro atoms. The van der Waals surface area contributed by atoms with Crippen molar-refractivity contribution in [2.45, 2.75) is 44.5 Å². The molecule has 0 aliphatic carbocycles. The number of anilines is 3. The van der Waals surface area contributed by atoms with Gasteiger partial charge in [0, 0.05) is 52.3 Å². The van der Waals surface area contributed by atoms with E-state index in [0.29, 0.717) is 53.3 Å². The first kappa shape index (κ1) is 26.7. The lowest BCUT2D eigenvalue weighted by atomic mass is 9.58. The Hall–Kier alpha value is -3.36. The van der Waals surface area contributed by atoms with E-state index in [1.807, 2.05) is 11.8 Å². The summed E-state index contributed by atoms with van der Waals surface area (Å²) in [7, 11) is 12.2. The minimum atomic E-state index is -4.73. The maximum atomic E-state index is 15.1. The summed E-state index contributed by atoms with van der Waals surface area (Å²) in [5, 5.41) is 6.19. The van der Waals surface area contributed by atoms with Crippen molar-refractivity contribution in [1.82, 2.24) is 5.32 Å². The summed E-state index contributed by atoms with van der Waals surface area (Å²) in [6.45, 7) is 17.4. The molecule has 0 aromatic heterocycles. The van der Waals surface area contributed by atoms with Gasteiger partial charge in [-0.25, -0.2) is 4.39 Å². The molecule has 2 N–H and O–H groups in total. The maximum Gasteiger partial charge on any atom is 0.416 e. The third-order valence-corrected chi connectivity index (χ3v) is 6.88. The predicted molar refractivity (Wildman–Crippen MR) is 140 cm³/mol. The molecular weight excluding hydrogens is 485 g/mol. The molecule has 2 atom stereocenters. The molecule has 2 aromatic rings. The Kier molecular flexibility index (Phi) is 6.20. The summed E-state index contributed by atoms with van der Waals surface area (Å²) in [5.41, 5.74) is -1.60. The van der Waals surface area contributed by atoms with Crippen LogP contribution < -0.4 is 20.4 Å². The molecule has 2 aliphatic heterocycles. The van der Waals surface area contributed by atoms with Crippen molar-refractivity contribution in [3.8, 4) is 0 Å². The monoisotopic (exact) mass is 510 g/mol. The van der Waals surface area contributed by atoms with Crippen LogP contribution in [0.15, 0.2) is 49.8 Å². The maximum absolute atomic E-state index is 15.1. The van der Waals surface area contributed by atoms with Crippen LogP contribution in [0.3, 0.4) is 0 Å². The fourth-order valence-electron chi connectivity index (χ4n) is 4.67. The van der Waals surface area contributed by atoms with Crippen molar-refractivity contribution in [3.63, 3.8) is 0 Å². The Morgan fingerprint density at radius 2 is 1.76 bits per heavy atom. The third kappa shape index (κ3) is 4.28. The number of nitrogens with zero attached hydrogens (tertiary/aromatic N) is 2. The summed E-state index contributed by atoms with van der Waals surface area (Å²) in [5.74, 6) is -0.651. The molecule has 0 fully saturated rings. The van der Waals surface area contributed by atoms with E-state index in [1.54, 1.807) is 6.07 Å². The fourth-order valence-corrected chi connectivity index (χ4v) is 4.67. The Morgan fingerprint density at radius 1 is 1.11 bits per heavy atom. The van der Waals surface area contributed by atoms with Gasteiger partial charge in [0.1, 0.15) is 27.3 Å². The number of hydrogen-bond acceptors (Lipinski definition) is 4. The molecule has 4 rings (SSSR count). The minimum absolute atomic E-state index is 0.0325. The van der Waals surface area contributed by atoms with E-state index in [-0.39, 0.29) is 11.3 Å². The number of rotatable bonds is 6. The normalized spacial score (nSPS) is 18.2. The number of halogens is 5. The van der Waals surface area contributed by atoms with Gasteiger partial charge < -0.3 is 20.4 Å². The Morgan fingerprint density at radius 3 is 2.32 bits per heavy atom. The quantitative estimate of drug-likeness (QED) is 0.377. The Labute approximate surface area is 215 Å². The zero-order chi connectivity index (χ0) is 27.7. The molecule has 0 amide bonds. The Balaban J connectivity index is 1.87. The van der Waals surface area contributed by atoms with Crippen molar-refractivity contribution in [2.24, 2.45) is 0 Å². The lowest BCUT2D eigenvalue weighted by Crippen LogP contribution is -2.60. The average Bonchev–Trinajstić information content (AvgIpc) is 3.28. The molecule has 0 bridgehead atoms. The van der Waals surface area contributed by atoms with Gasteiger partial charge in [0.2, 0.25) is 0 Å². The summed E-state index contributed by atoms with van der Waals surface area (Å²) in [6.07, 6.45) is -4.73. The average molecular weight is 510 g/mol. The molecule has 2 aromatic carbocycles. The van der Waals surface area contributed by atoms with Crippen molar-refractivity contribution in [2.75, 3.05) is 21.7 Å². The Bertz CT molecular complexity index is 1330. The van der Waals surface area contributed by atoms with Crippen molar-refractivity contribution in [3.05, 3.63) is 77.9 Å². The largest absolute Gasteiger partial charge is 0.416 e. The molecule has 4 nitrogen and oxygen atoms in total. The van der Waals surface area contributed by atoms with Crippen LogP contribution in [0.5, 0.6) is 0 Å². The van der Waals surface area contributed by atoms with Crippen molar-refractivity contribution in [1.29, 1.82) is 0 Å². The zero-order valence-corrected chi connectivity index (χ0v) is 20.8. The van der Waals surface area contributed by atoms with Gasteiger partial charge >= 0.3 is 6.18 Å². The third-order valence-electron chi connectivity index (χ3n) is 6.88. The summed E-state index contributed by atoms with van der Waals surface area (Å²) >= 11 is 0. The van der Waals surface area contributed by atoms with Crippen LogP contribution in [0, 0.1) is 5.82 Å². The van der Waals surface area contributed by atoms with Crippen LogP contribution in [-0.2, 0) is 12.7 Å². The smallest absolute Gasteiger partial charge is 0.381 e. The summed E-state index contributed by atoms with van der Waals surface area (Å²) < 4.78 is 69.0. The minimum Gasteiger partial charge on any atom is -0.381 e. The summed E-state index contributed by atoms with van der Waals surface area (Å²) in [6, 6.07) is 3.88. The van der Waals surface area contributed by atoms with Gasteiger partial charge in [-0.3, -0.25) is 4.39 Å². The first-order valence-electron chi connectivity index (χ1n) is 11.5. The van der Waals surface area contributed by atoms with Gasteiger partial charge in [-0.15, -0.1) is 0 Å². The summed E-state index contributed by atoms with van der Waals surface area (Å²) in [4.78, 5) is 3.36. The standard InChI is InChI=1S/C26H25B2F5N4/c1-7-36-15(4)37(25(6,28)24(5,27)30)21-11-20(19-12-34-14(3)22(19)23(21)36)35-13(2)16-8-17(26(31,32)33)10-18(29)9-16/h8-11,34-35H,2-4,7,12H2,1,5-6H3. The van der Waals surface area contributed by atoms with E-state index < -0.39 is 28.6 Å². The molecule has 4 radical (unpaired) electrons. The number of benzene rings is 2. The van der Waals surface area contributed by atoms with Crippen LogP contribution >= 0.6 is 0 Å². The molecule has 2 aliphatic rings. The number of fused-ring (bicyclic) bond motifs is 3. The molecule has 2 unspecified atom stereocenters. The van der Waals surface area contributed by atoms with E-state index in [0.717, 1.165) is 24.6 Å². The molecule has 37 heavy (non-hydrogen) atoms. The molecule has 11 heteroatoms. The van der Waals surface area contributed by atoms with Crippen molar-refractivity contribution < 1.29 is 22.0 Å². The van der Waals surface area contributed by atoms with Gasteiger partial charge in [0.05, 0.1) is 22.5 Å².